The van der Waals surface area contributed by atoms with E-state index in [4.69, 9.17) is 0 Å². The van der Waals surface area contributed by atoms with Gasteiger partial charge >= 0.3 is 0 Å². The van der Waals surface area contributed by atoms with Gasteiger partial charge < -0.3 is 16.0 Å². The van der Waals surface area contributed by atoms with Crippen LogP contribution in [0, 0.1) is 5.92 Å². The Labute approximate surface area is 90.0 Å². The Kier molecular flexibility index (Phi) is 4.55. The molecule has 0 bridgehead atoms. The molecule has 1 atom stereocenters. The lowest BCUT2D eigenvalue weighted by Gasteiger charge is -2.11. The molecule has 0 spiro atoms. The molecule has 5 nitrogen and oxygen atoms in total. The molecule has 1 heterocycles. The summed E-state index contributed by atoms with van der Waals surface area (Å²) in [6.45, 7) is 5.46. The second kappa shape index (κ2) is 5.70. The van der Waals surface area contributed by atoms with Gasteiger partial charge in [0.15, 0.2) is 0 Å². The molecule has 2 amide bonds. The molecule has 0 aliphatic carbocycles. The molecule has 1 aliphatic rings. The summed E-state index contributed by atoms with van der Waals surface area (Å²) in [5.74, 6) is -0.139. The Bertz CT molecular complexity index is 235. The van der Waals surface area contributed by atoms with Crippen molar-refractivity contribution < 1.29 is 9.59 Å². The number of amides is 2. The largest absolute Gasteiger partial charge is 0.352 e. The molecule has 1 aliphatic heterocycles. The van der Waals surface area contributed by atoms with E-state index in [0.717, 1.165) is 19.5 Å². The minimum Gasteiger partial charge on any atom is -0.352 e. The van der Waals surface area contributed by atoms with Gasteiger partial charge in [-0.15, -0.1) is 0 Å². The summed E-state index contributed by atoms with van der Waals surface area (Å²) >= 11 is 0. The lowest BCUT2D eigenvalue weighted by molar-refractivity contribution is -0.128. The van der Waals surface area contributed by atoms with E-state index in [9.17, 15) is 9.59 Å². The Hall–Kier alpha value is -1.10. The highest BCUT2D eigenvalue weighted by molar-refractivity contribution is 5.86. The second-order valence-corrected chi connectivity index (χ2v) is 4.13. The zero-order valence-electron chi connectivity index (χ0n) is 9.30. The molecule has 15 heavy (non-hydrogen) atoms. The van der Waals surface area contributed by atoms with Crippen molar-refractivity contribution in [1.82, 2.24) is 16.0 Å². The number of hydrogen-bond acceptors (Lipinski definition) is 3. The van der Waals surface area contributed by atoms with Crippen molar-refractivity contribution in [2.45, 2.75) is 26.3 Å². The van der Waals surface area contributed by atoms with Gasteiger partial charge in [-0.1, -0.05) is 0 Å². The van der Waals surface area contributed by atoms with E-state index in [1.54, 1.807) is 0 Å². The zero-order chi connectivity index (χ0) is 11.3. The maximum atomic E-state index is 11.5. The molecule has 0 saturated carbocycles. The van der Waals surface area contributed by atoms with Crippen molar-refractivity contribution in [3.63, 3.8) is 0 Å². The van der Waals surface area contributed by atoms with Gasteiger partial charge in [0.05, 0.1) is 12.5 Å². The van der Waals surface area contributed by atoms with Crippen molar-refractivity contribution in [2.75, 3.05) is 19.6 Å². The van der Waals surface area contributed by atoms with Crippen LogP contribution >= 0.6 is 0 Å². The molecule has 0 aromatic carbocycles. The number of carbonyl (C=O) groups is 2. The summed E-state index contributed by atoms with van der Waals surface area (Å²) in [7, 11) is 0. The SMILES string of the molecule is CC(C)NC(=O)CNC(=O)[C@@H]1CCNC1. The van der Waals surface area contributed by atoms with Gasteiger partial charge in [0.1, 0.15) is 0 Å². The van der Waals surface area contributed by atoms with Crippen LogP contribution in [0.15, 0.2) is 0 Å². The molecule has 1 saturated heterocycles. The van der Waals surface area contributed by atoms with Crippen LogP contribution in [0.1, 0.15) is 20.3 Å². The minimum atomic E-state index is -0.135. The van der Waals surface area contributed by atoms with Gasteiger partial charge in [-0.05, 0) is 26.8 Å². The Morgan fingerprint density at radius 3 is 2.73 bits per heavy atom. The second-order valence-electron chi connectivity index (χ2n) is 4.13. The molecule has 1 fully saturated rings. The molecule has 0 aromatic rings. The average molecular weight is 213 g/mol. The first-order valence-electron chi connectivity index (χ1n) is 5.37. The first-order chi connectivity index (χ1) is 7.09. The van der Waals surface area contributed by atoms with E-state index in [1.165, 1.54) is 0 Å². The Balaban J connectivity index is 2.18. The molecule has 0 unspecified atom stereocenters. The molecular formula is C10H19N3O2. The summed E-state index contributed by atoms with van der Waals surface area (Å²) in [5.41, 5.74) is 0. The molecule has 0 aromatic heterocycles. The predicted molar refractivity (Wildman–Crippen MR) is 57.3 cm³/mol. The van der Waals surface area contributed by atoms with Gasteiger partial charge in [-0.2, -0.15) is 0 Å². The van der Waals surface area contributed by atoms with Crippen LogP contribution in [0.4, 0.5) is 0 Å². The lowest BCUT2D eigenvalue weighted by atomic mass is 10.1. The van der Waals surface area contributed by atoms with Crippen LogP contribution in [0.5, 0.6) is 0 Å². The van der Waals surface area contributed by atoms with Crippen LogP contribution in [0.3, 0.4) is 0 Å². The van der Waals surface area contributed by atoms with Gasteiger partial charge in [-0.3, -0.25) is 9.59 Å². The van der Waals surface area contributed by atoms with E-state index < -0.39 is 0 Å². The molecular weight excluding hydrogens is 194 g/mol. The average Bonchev–Trinajstić information content (AvgIpc) is 2.65. The molecule has 0 radical (unpaired) electrons. The highest BCUT2D eigenvalue weighted by atomic mass is 16.2. The fraction of sp³-hybridized carbons (Fsp3) is 0.800. The van der Waals surface area contributed by atoms with Crippen molar-refractivity contribution in [3.8, 4) is 0 Å². The number of carbonyl (C=O) groups excluding carboxylic acids is 2. The van der Waals surface area contributed by atoms with Crippen LogP contribution in [-0.2, 0) is 9.59 Å². The molecule has 86 valence electrons. The summed E-state index contributed by atoms with van der Waals surface area (Å²) in [6.07, 6.45) is 0.859. The zero-order valence-corrected chi connectivity index (χ0v) is 9.30. The Morgan fingerprint density at radius 2 is 2.20 bits per heavy atom. The first kappa shape index (κ1) is 12.0. The Morgan fingerprint density at radius 1 is 1.47 bits per heavy atom. The maximum absolute atomic E-state index is 11.5. The van der Waals surface area contributed by atoms with E-state index in [-0.39, 0.29) is 30.3 Å². The molecule has 1 rings (SSSR count). The fourth-order valence-electron chi connectivity index (χ4n) is 1.56. The summed E-state index contributed by atoms with van der Waals surface area (Å²) in [4.78, 5) is 22.7. The quantitative estimate of drug-likeness (QED) is 0.575. The van der Waals surface area contributed by atoms with Crippen molar-refractivity contribution >= 4 is 11.8 Å². The van der Waals surface area contributed by atoms with E-state index in [0.29, 0.717) is 0 Å². The van der Waals surface area contributed by atoms with Gasteiger partial charge in [-0.25, -0.2) is 0 Å². The normalized spacial score (nSPS) is 20.3. The topological polar surface area (TPSA) is 70.2 Å². The van der Waals surface area contributed by atoms with Crippen LogP contribution in [0.25, 0.3) is 0 Å². The molecule has 3 N–H and O–H groups in total. The van der Waals surface area contributed by atoms with E-state index in [2.05, 4.69) is 16.0 Å². The summed E-state index contributed by atoms with van der Waals surface area (Å²) in [5, 5.41) is 8.47. The van der Waals surface area contributed by atoms with Gasteiger partial charge in [0, 0.05) is 12.6 Å². The van der Waals surface area contributed by atoms with Crippen molar-refractivity contribution in [3.05, 3.63) is 0 Å². The van der Waals surface area contributed by atoms with Crippen molar-refractivity contribution in [1.29, 1.82) is 0 Å². The monoisotopic (exact) mass is 213 g/mol. The smallest absolute Gasteiger partial charge is 0.239 e. The van der Waals surface area contributed by atoms with Crippen LogP contribution < -0.4 is 16.0 Å². The third-order valence-corrected chi connectivity index (χ3v) is 2.30. The van der Waals surface area contributed by atoms with Crippen LogP contribution in [-0.4, -0.2) is 37.5 Å². The molecule has 5 heteroatoms. The third-order valence-electron chi connectivity index (χ3n) is 2.30. The summed E-state index contributed by atoms with van der Waals surface area (Å²) < 4.78 is 0. The van der Waals surface area contributed by atoms with Crippen molar-refractivity contribution in [2.24, 2.45) is 5.92 Å². The first-order valence-corrected chi connectivity index (χ1v) is 5.37. The highest BCUT2D eigenvalue weighted by Crippen LogP contribution is 2.06. The predicted octanol–water partition coefficient (Wildman–Crippen LogP) is -0.763. The van der Waals surface area contributed by atoms with Gasteiger partial charge in [0.2, 0.25) is 11.8 Å². The van der Waals surface area contributed by atoms with E-state index in [1.807, 2.05) is 13.8 Å². The highest BCUT2D eigenvalue weighted by Gasteiger charge is 2.22. The van der Waals surface area contributed by atoms with Gasteiger partial charge in [0.25, 0.3) is 0 Å². The maximum Gasteiger partial charge on any atom is 0.239 e. The number of hydrogen-bond donors (Lipinski definition) is 3. The third kappa shape index (κ3) is 4.29. The van der Waals surface area contributed by atoms with Crippen LogP contribution in [0.2, 0.25) is 0 Å². The van der Waals surface area contributed by atoms with E-state index >= 15 is 0 Å². The standard InChI is InChI=1S/C10H19N3O2/c1-7(2)13-9(14)6-12-10(15)8-3-4-11-5-8/h7-8,11H,3-6H2,1-2H3,(H,12,15)(H,13,14)/t8-/m1/s1. The number of nitrogens with one attached hydrogen (secondary N) is 3. The number of rotatable bonds is 4. The lowest BCUT2D eigenvalue weighted by Crippen LogP contribution is -2.42. The fourth-order valence-corrected chi connectivity index (χ4v) is 1.56. The summed E-state index contributed by atoms with van der Waals surface area (Å²) in [6, 6.07) is 0.113. The minimum absolute atomic E-state index is 0.0249.